The van der Waals surface area contributed by atoms with Gasteiger partial charge in [-0.25, -0.2) is 0 Å². The van der Waals surface area contributed by atoms with Gasteiger partial charge in [-0.3, -0.25) is 0 Å². The Kier molecular flexibility index (Phi) is 4.44. The Bertz CT molecular complexity index is 564. The summed E-state index contributed by atoms with van der Waals surface area (Å²) in [5, 5.41) is 7.97. The second-order valence-corrected chi connectivity index (χ2v) is 7.11. The molecule has 0 bridgehead atoms. The summed E-state index contributed by atoms with van der Waals surface area (Å²) in [5.41, 5.74) is 4.05. The number of nitrogens with one attached hydrogen (secondary N) is 1. The lowest BCUT2D eigenvalue weighted by Crippen LogP contribution is -2.21. The molecule has 20 heavy (non-hydrogen) atoms. The van der Waals surface area contributed by atoms with Crippen molar-refractivity contribution in [3.63, 3.8) is 0 Å². The van der Waals surface area contributed by atoms with Gasteiger partial charge in [-0.1, -0.05) is 15.9 Å². The molecule has 1 aliphatic carbocycles. The van der Waals surface area contributed by atoms with Crippen molar-refractivity contribution in [2.45, 2.75) is 32.0 Å². The molecule has 1 aliphatic rings. The maximum Gasteiger partial charge on any atom is 0.0434 e. The van der Waals surface area contributed by atoms with Gasteiger partial charge in [0, 0.05) is 36.3 Å². The molecular weight excluding hydrogens is 332 g/mol. The van der Waals surface area contributed by atoms with Crippen molar-refractivity contribution in [2.75, 3.05) is 11.9 Å². The third-order valence-electron chi connectivity index (χ3n) is 3.61. The third kappa shape index (κ3) is 3.62. The van der Waals surface area contributed by atoms with E-state index in [2.05, 4.69) is 68.2 Å². The highest BCUT2D eigenvalue weighted by atomic mass is 79.9. The Morgan fingerprint density at radius 2 is 2.20 bits per heavy atom. The molecule has 0 unspecified atom stereocenters. The van der Waals surface area contributed by atoms with Gasteiger partial charge >= 0.3 is 0 Å². The quantitative estimate of drug-likeness (QED) is 0.830. The van der Waals surface area contributed by atoms with E-state index < -0.39 is 0 Å². The van der Waals surface area contributed by atoms with Crippen molar-refractivity contribution in [2.24, 2.45) is 0 Å². The molecule has 0 radical (unpaired) electrons. The predicted octanol–water partition coefficient (Wildman–Crippen LogP) is 4.40. The summed E-state index contributed by atoms with van der Waals surface area (Å²) in [7, 11) is 2.17. The molecule has 0 spiro atoms. The molecule has 1 heterocycles. The largest absolute Gasteiger partial charge is 0.370 e. The lowest BCUT2D eigenvalue weighted by atomic mass is 10.1. The van der Waals surface area contributed by atoms with Gasteiger partial charge in [-0.05, 0) is 59.0 Å². The number of anilines is 1. The first-order valence-electron chi connectivity index (χ1n) is 6.96. The minimum Gasteiger partial charge on any atom is -0.370 e. The van der Waals surface area contributed by atoms with Gasteiger partial charge in [0.15, 0.2) is 0 Å². The van der Waals surface area contributed by atoms with Crippen molar-refractivity contribution in [3.8, 4) is 0 Å². The second-order valence-electron chi connectivity index (χ2n) is 5.42. The number of thiophene rings is 1. The van der Waals surface area contributed by atoms with Gasteiger partial charge in [0.05, 0.1) is 0 Å². The molecule has 106 valence electrons. The first kappa shape index (κ1) is 14.1. The van der Waals surface area contributed by atoms with E-state index in [1.165, 1.54) is 29.7 Å². The van der Waals surface area contributed by atoms with Gasteiger partial charge in [-0.15, -0.1) is 0 Å². The van der Waals surface area contributed by atoms with E-state index in [-0.39, 0.29) is 0 Å². The van der Waals surface area contributed by atoms with Gasteiger partial charge in [0.2, 0.25) is 0 Å². The number of halogens is 1. The van der Waals surface area contributed by atoms with E-state index in [0.717, 1.165) is 23.6 Å². The molecule has 3 rings (SSSR count). The van der Waals surface area contributed by atoms with Gasteiger partial charge < -0.3 is 10.2 Å². The Labute approximate surface area is 132 Å². The molecule has 1 aromatic carbocycles. The molecule has 0 aliphatic heterocycles. The minimum atomic E-state index is 0.740. The zero-order valence-electron chi connectivity index (χ0n) is 11.6. The molecule has 1 saturated carbocycles. The summed E-state index contributed by atoms with van der Waals surface area (Å²) in [6.07, 6.45) is 2.65. The van der Waals surface area contributed by atoms with Crippen LogP contribution in [0.2, 0.25) is 0 Å². The van der Waals surface area contributed by atoms with E-state index in [1.807, 2.05) is 0 Å². The van der Waals surface area contributed by atoms with E-state index in [4.69, 9.17) is 0 Å². The zero-order chi connectivity index (χ0) is 13.9. The molecule has 1 fully saturated rings. The Hall–Kier alpha value is -0.840. The van der Waals surface area contributed by atoms with Crippen molar-refractivity contribution in [1.82, 2.24) is 5.32 Å². The molecule has 0 atom stereocenters. The number of benzene rings is 1. The van der Waals surface area contributed by atoms with Crippen LogP contribution < -0.4 is 10.2 Å². The Morgan fingerprint density at radius 3 is 2.90 bits per heavy atom. The van der Waals surface area contributed by atoms with Crippen LogP contribution in [0.4, 0.5) is 5.69 Å². The molecule has 0 saturated heterocycles. The third-order valence-corrected chi connectivity index (χ3v) is 4.84. The maximum absolute atomic E-state index is 3.61. The molecule has 1 N–H and O–H groups in total. The summed E-state index contributed by atoms with van der Waals surface area (Å²) < 4.78 is 1.15. The monoisotopic (exact) mass is 350 g/mol. The zero-order valence-corrected chi connectivity index (χ0v) is 14.0. The van der Waals surface area contributed by atoms with Crippen LogP contribution in [-0.4, -0.2) is 13.1 Å². The average molecular weight is 351 g/mol. The van der Waals surface area contributed by atoms with Crippen LogP contribution in [0, 0.1) is 0 Å². The number of nitrogens with zero attached hydrogens (tertiary/aromatic N) is 1. The first-order chi connectivity index (χ1) is 9.72. The van der Waals surface area contributed by atoms with Crippen LogP contribution >= 0.6 is 27.3 Å². The van der Waals surface area contributed by atoms with Gasteiger partial charge in [0.25, 0.3) is 0 Å². The molecule has 2 nitrogen and oxygen atoms in total. The standard InChI is InChI=1S/C16H19BrN2S/c1-19(10-12-6-7-20-11-12)16-5-2-14(17)8-13(16)9-18-15-3-4-15/h2,5-8,11,15,18H,3-4,9-10H2,1H3. The number of rotatable bonds is 6. The molecule has 1 aromatic heterocycles. The van der Waals surface area contributed by atoms with E-state index in [9.17, 15) is 0 Å². The lowest BCUT2D eigenvalue weighted by Gasteiger charge is -2.22. The predicted molar refractivity (Wildman–Crippen MR) is 90.4 cm³/mol. The lowest BCUT2D eigenvalue weighted by molar-refractivity contribution is 0.685. The first-order valence-corrected chi connectivity index (χ1v) is 8.70. The highest BCUT2D eigenvalue weighted by Gasteiger charge is 2.20. The second kappa shape index (κ2) is 6.29. The minimum absolute atomic E-state index is 0.740. The van der Waals surface area contributed by atoms with Gasteiger partial charge in [0.1, 0.15) is 0 Å². The normalized spacial score (nSPS) is 14.5. The van der Waals surface area contributed by atoms with Crippen molar-refractivity contribution in [1.29, 1.82) is 0 Å². The summed E-state index contributed by atoms with van der Waals surface area (Å²) in [6, 6.07) is 9.50. The van der Waals surface area contributed by atoms with Crippen LogP contribution in [0.15, 0.2) is 39.5 Å². The van der Waals surface area contributed by atoms with E-state index in [0.29, 0.717) is 0 Å². The molecule has 4 heteroatoms. The maximum atomic E-state index is 3.61. The number of hydrogen-bond donors (Lipinski definition) is 1. The van der Waals surface area contributed by atoms with E-state index >= 15 is 0 Å². The average Bonchev–Trinajstić information content (AvgIpc) is 3.13. The van der Waals surface area contributed by atoms with E-state index in [1.54, 1.807) is 11.3 Å². The summed E-state index contributed by atoms with van der Waals surface area (Å²) in [4.78, 5) is 2.33. The summed E-state index contributed by atoms with van der Waals surface area (Å²) in [5.74, 6) is 0. The topological polar surface area (TPSA) is 15.3 Å². The van der Waals surface area contributed by atoms with Crippen LogP contribution in [0.1, 0.15) is 24.0 Å². The smallest absolute Gasteiger partial charge is 0.0434 e. The molecule has 2 aromatic rings. The highest BCUT2D eigenvalue weighted by Crippen LogP contribution is 2.27. The Morgan fingerprint density at radius 1 is 1.35 bits per heavy atom. The fraction of sp³-hybridized carbons (Fsp3) is 0.375. The number of hydrogen-bond acceptors (Lipinski definition) is 3. The van der Waals surface area contributed by atoms with Gasteiger partial charge in [-0.2, -0.15) is 11.3 Å². The van der Waals surface area contributed by atoms with Crippen LogP contribution in [-0.2, 0) is 13.1 Å². The molecular formula is C16H19BrN2S. The molecule has 0 amide bonds. The van der Waals surface area contributed by atoms with Crippen LogP contribution in [0.5, 0.6) is 0 Å². The SMILES string of the molecule is CN(Cc1ccsc1)c1ccc(Br)cc1CNC1CC1. The van der Waals surface area contributed by atoms with Crippen LogP contribution in [0.25, 0.3) is 0 Å². The fourth-order valence-electron chi connectivity index (χ4n) is 2.35. The van der Waals surface area contributed by atoms with Crippen molar-refractivity contribution >= 4 is 33.0 Å². The van der Waals surface area contributed by atoms with Crippen LogP contribution in [0.3, 0.4) is 0 Å². The summed E-state index contributed by atoms with van der Waals surface area (Å²) >= 11 is 5.34. The highest BCUT2D eigenvalue weighted by molar-refractivity contribution is 9.10. The Balaban J connectivity index is 1.75. The summed E-state index contributed by atoms with van der Waals surface area (Å²) in [6.45, 7) is 1.91. The van der Waals surface area contributed by atoms with Crippen molar-refractivity contribution < 1.29 is 0 Å². The van der Waals surface area contributed by atoms with Crippen molar-refractivity contribution in [3.05, 3.63) is 50.6 Å². The fourth-order valence-corrected chi connectivity index (χ4v) is 3.42.